The van der Waals surface area contributed by atoms with Gasteiger partial charge in [0.2, 0.25) is 0 Å². The Balaban J connectivity index is 0.00000225. The first-order valence-electron chi connectivity index (χ1n) is 5.20. The van der Waals surface area contributed by atoms with Gasteiger partial charge in [-0.2, -0.15) is 0 Å². The molecule has 1 rings (SSSR count). The van der Waals surface area contributed by atoms with Gasteiger partial charge in [-0.1, -0.05) is 12.1 Å². The fourth-order valence-electron chi connectivity index (χ4n) is 1.55. The van der Waals surface area contributed by atoms with Crippen LogP contribution in [0.4, 0.5) is 0 Å². The maximum absolute atomic E-state index is 8.73. The molecule has 0 aliphatic rings. The second kappa shape index (κ2) is 7.49. The number of benzene rings is 1. The summed E-state index contributed by atoms with van der Waals surface area (Å²) in [5, 5.41) is 8.73. The normalized spacial score (nSPS) is 11.8. The number of ether oxygens (including phenoxy) is 1. The summed E-state index contributed by atoms with van der Waals surface area (Å²) in [6.07, 6.45) is 1.53. The van der Waals surface area contributed by atoms with Crippen LogP contribution in [0.1, 0.15) is 30.0 Å². The molecule has 1 aromatic carbocycles. The van der Waals surface area contributed by atoms with Gasteiger partial charge in [0.05, 0.1) is 7.11 Å². The Labute approximate surface area is 103 Å². The average Bonchev–Trinajstić information content (AvgIpc) is 2.26. The zero-order valence-corrected chi connectivity index (χ0v) is 10.6. The highest BCUT2D eigenvalue weighted by Crippen LogP contribution is 2.24. The van der Waals surface area contributed by atoms with Gasteiger partial charge in [0, 0.05) is 12.6 Å². The van der Waals surface area contributed by atoms with Gasteiger partial charge >= 0.3 is 0 Å². The Hall–Kier alpha value is -0.770. The fourth-order valence-corrected chi connectivity index (χ4v) is 1.55. The predicted octanol–water partition coefficient (Wildman–Crippen LogP) is 2.20. The summed E-state index contributed by atoms with van der Waals surface area (Å²) >= 11 is 0. The quantitative estimate of drug-likeness (QED) is 0.836. The summed E-state index contributed by atoms with van der Waals surface area (Å²) < 4.78 is 5.24. The molecular weight excluding hydrogens is 226 g/mol. The summed E-state index contributed by atoms with van der Waals surface area (Å²) in [5.74, 6) is 0.868. The lowest BCUT2D eigenvalue weighted by Crippen LogP contribution is -2.11. The Morgan fingerprint density at radius 2 is 2.12 bits per heavy atom. The van der Waals surface area contributed by atoms with Gasteiger partial charge < -0.3 is 15.6 Å². The zero-order chi connectivity index (χ0) is 11.3. The molecule has 1 atom stereocenters. The van der Waals surface area contributed by atoms with E-state index in [0.29, 0.717) is 0 Å². The molecular formula is C12H20ClNO2. The van der Waals surface area contributed by atoms with Crippen molar-refractivity contribution in [2.45, 2.75) is 25.8 Å². The molecule has 92 valence electrons. The lowest BCUT2D eigenvalue weighted by molar-refractivity contribution is 0.280. The third-order valence-corrected chi connectivity index (χ3v) is 2.53. The number of halogens is 1. The minimum absolute atomic E-state index is 0. The molecule has 0 fully saturated rings. The van der Waals surface area contributed by atoms with E-state index >= 15 is 0 Å². The summed E-state index contributed by atoms with van der Waals surface area (Å²) in [5.41, 5.74) is 8.16. The van der Waals surface area contributed by atoms with E-state index in [2.05, 4.69) is 0 Å². The van der Waals surface area contributed by atoms with Crippen molar-refractivity contribution >= 4 is 12.4 Å². The van der Waals surface area contributed by atoms with Gasteiger partial charge in [-0.3, -0.25) is 0 Å². The SMILES string of the molecule is COc1cc([C@H](N)CCCO)ccc1C.Cl. The minimum atomic E-state index is -0.0216. The number of hydrogen-bond acceptors (Lipinski definition) is 3. The molecule has 4 heteroatoms. The van der Waals surface area contributed by atoms with Gasteiger partial charge in [-0.25, -0.2) is 0 Å². The number of nitrogens with two attached hydrogens (primary N) is 1. The molecule has 0 amide bonds. The van der Waals surface area contributed by atoms with Gasteiger partial charge in [0.15, 0.2) is 0 Å². The maximum Gasteiger partial charge on any atom is 0.122 e. The second-order valence-electron chi connectivity index (χ2n) is 3.70. The standard InChI is InChI=1S/C12H19NO2.ClH/c1-9-5-6-10(8-12(9)15-2)11(13)4-3-7-14;/h5-6,8,11,14H,3-4,7,13H2,1-2H3;1H/t11-;/m1./s1. The van der Waals surface area contributed by atoms with Crippen LogP contribution in [-0.2, 0) is 0 Å². The first-order chi connectivity index (χ1) is 7.19. The Morgan fingerprint density at radius 3 is 2.69 bits per heavy atom. The van der Waals surface area contributed by atoms with Gasteiger partial charge in [0.1, 0.15) is 5.75 Å². The molecule has 3 N–H and O–H groups in total. The predicted molar refractivity (Wildman–Crippen MR) is 68.2 cm³/mol. The van der Waals surface area contributed by atoms with Crippen LogP contribution < -0.4 is 10.5 Å². The molecule has 16 heavy (non-hydrogen) atoms. The topological polar surface area (TPSA) is 55.5 Å². The number of aryl methyl sites for hydroxylation is 1. The van der Waals surface area contributed by atoms with E-state index in [-0.39, 0.29) is 25.1 Å². The number of aliphatic hydroxyl groups excluding tert-OH is 1. The molecule has 0 radical (unpaired) electrons. The average molecular weight is 246 g/mol. The van der Waals surface area contributed by atoms with Crippen molar-refractivity contribution in [1.82, 2.24) is 0 Å². The number of methoxy groups -OCH3 is 1. The Morgan fingerprint density at radius 1 is 1.44 bits per heavy atom. The molecule has 0 saturated heterocycles. The van der Waals surface area contributed by atoms with E-state index in [0.717, 1.165) is 29.7 Å². The lowest BCUT2D eigenvalue weighted by Gasteiger charge is -2.13. The van der Waals surface area contributed by atoms with Crippen LogP contribution in [0.3, 0.4) is 0 Å². The van der Waals surface area contributed by atoms with Crippen LogP contribution in [0.2, 0.25) is 0 Å². The first-order valence-corrected chi connectivity index (χ1v) is 5.20. The van der Waals surface area contributed by atoms with Crippen molar-refractivity contribution in [3.63, 3.8) is 0 Å². The summed E-state index contributed by atoms with van der Waals surface area (Å²) in [6.45, 7) is 2.19. The second-order valence-corrected chi connectivity index (χ2v) is 3.70. The molecule has 0 heterocycles. The summed E-state index contributed by atoms with van der Waals surface area (Å²) in [6, 6.07) is 5.97. The van der Waals surface area contributed by atoms with Crippen molar-refractivity contribution in [3.05, 3.63) is 29.3 Å². The first kappa shape index (κ1) is 15.2. The molecule has 3 nitrogen and oxygen atoms in total. The van der Waals surface area contributed by atoms with E-state index < -0.39 is 0 Å². The Bertz CT molecular complexity index is 318. The lowest BCUT2D eigenvalue weighted by atomic mass is 10.0. The van der Waals surface area contributed by atoms with Crippen LogP contribution in [0.5, 0.6) is 5.75 Å². The van der Waals surface area contributed by atoms with Crippen LogP contribution in [0.25, 0.3) is 0 Å². The van der Waals surface area contributed by atoms with Crippen LogP contribution in [0, 0.1) is 6.92 Å². The zero-order valence-electron chi connectivity index (χ0n) is 9.77. The highest BCUT2D eigenvalue weighted by molar-refractivity contribution is 5.85. The van der Waals surface area contributed by atoms with E-state index in [1.165, 1.54) is 0 Å². The molecule has 0 spiro atoms. The van der Waals surface area contributed by atoms with E-state index in [1.807, 2.05) is 25.1 Å². The van der Waals surface area contributed by atoms with Crippen LogP contribution in [-0.4, -0.2) is 18.8 Å². The largest absolute Gasteiger partial charge is 0.496 e. The summed E-state index contributed by atoms with van der Waals surface area (Å²) in [7, 11) is 1.66. The van der Waals surface area contributed by atoms with Gasteiger partial charge in [-0.05, 0) is 37.0 Å². The fraction of sp³-hybridized carbons (Fsp3) is 0.500. The molecule has 0 aliphatic carbocycles. The van der Waals surface area contributed by atoms with E-state index in [1.54, 1.807) is 7.11 Å². The molecule has 1 aromatic rings. The highest BCUT2D eigenvalue weighted by Gasteiger charge is 2.07. The molecule has 0 saturated carbocycles. The smallest absolute Gasteiger partial charge is 0.122 e. The number of rotatable bonds is 5. The van der Waals surface area contributed by atoms with Crippen molar-refractivity contribution in [1.29, 1.82) is 0 Å². The maximum atomic E-state index is 8.73. The van der Waals surface area contributed by atoms with Gasteiger partial charge in [0.25, 0.3) is 0 Å². The van der Waals surface area contributed by atoms with Crippen molar-refractivity contribution in [2.75, 3.05) is 13.7 Å². The Kier molecular flexibility index (Phi) is 7.13. The molecule has 0 aliphatic heterocycles. The van der Waals surface area contributed by atoms with Crippen molar-refractivity contribution < 1.29 is 9.84 Å². The van der Waals surface area contributed by atoms with Crippen LogP contribution >= 0.6 is 12.4 Å². The van der Waals surface area contributed by atoms with Crippen molar-refractivity contribution in [3.8, 4) is 5.75 Å². The third-order valence-electron chi connectivity index (χ3n) is 2.53. The summed E-state index contributed by atoms with van der Waals surface area (Å²) in [4.78, 5) is 0. The molecule has 0 bridgehead atoms. The van der Waals surface area contributed by atoms with Gasteiger partial charge in [-0.15, -0.1) is 12.4 Å². The molecule has 0 aromatic heterocycles. The van der Waals surface area contributed by atoms with Crippen molar-refractivity contribution in [2.24, 2.45) is 5.73 Å². The van der Waals surface area contributed by atoms with Crippen LogP contribution in [0.15, 0.2) is 18.2 Å². The van der Waals surface area contributed by atoms with E-state index in [9.17, 15) is 0 Å². The molecule has 0 unspecified atom stereocenters. The number of hydrogen-bond donors (Lipinski definition) is 2. The minimum Gasteiger partial charge on any atom is -0.496 e. The highest BCUT2D eigenvalue weighted by atomic mass is 35.5. The van der Waals surface area contributed by atoms with E-state index in [4.69, 9.17) is 15.6 Å². The monoisotopic (exact) mass is 245 g/mol. The third kappa shape index (κ3) is 4.00. The number of aliphatic hydroxyl groups is 1.